The van der Waals surface area contributed by atoms with Crippen molar-refractivity contribution in [3.8, 4) is 0 Å². The zero-order valence-corrected chi connectivity index (χ0v) is 8.98. The van der Waals surface area contributed by atoms with Gasteiger partial charge in [0.15, 0.2) is 0 Å². The van der Waals surface area contributed by atoms with Crippen molar-refractivity contribution in [2.24, 2.45) is 5.14 Å². The number of primary sulfonamides is 1. The number of hydrogen-bond acceptors (Lipinski definition) is 2. The first-order chi connectivity index (χ1) is 5.75. The second kappa shape index (κ2) is 4.39. The largest absolute Gasteiger partial charge is 0.233 e. The molecule has 0 atom stereocenters. The van der Waals surface area contributed by atoms with E-state index in [1.807, 2.05) is 13.8 Å². The fourth-order valence-electron chi connectivity index (χ4n) is 0.479. The SMILES string of the molecule is C=C(C)/C(C)=C\C=C(/C)S(N)(=O)=O. The number of hydrogen-bond donors (Lipinski definition) is 1. The summed E-state index contributed by atoms with van der Waals surface area (Å²) in [7, 11) is -3.54. The van der Waals surface area contributed by atoms with Crippen LogP contribution in [-0.4, -0.2) is 8.42 Å². The average molecular weight is 201 g/mol. The molecule has 0 aliphatic heterocycles. The molecule has 0 aromatic rings. The summed E-state index contributed by atoms with van der Waals surface area (Å²) < 4.78 is 21.5. The highest BCUT2D eigenvalue weighted by molar-refractivity contribution is 7.93. The van der Waals surface area contributed by atoms with E-state index in [-0.39, 0.29) is 4.91 Å². The Bertz CT molecular complexity index is 361. The van der Waals surface area contributed by atoms with Crippen molar-refractivity contribution in [2.45, 2.75) is 20.8 Å². The molecule has 3 nitrogen and oxygen atoms in total. The van der Waals surface area contributed by atoms with E-state index in [4.69, 9.17) is 5.14 Å². The van der Waals surface area contributed by atoms with E-state index in [1.54, 1.807) is 6.08 Å². The van der Waals surface area contributed by atoms with Gasteiger partial charge in [0.2, 0.25) is 10.0 Å². The molecule has 13 heavy (non-hydrogen) atoms. The number of sulfonamides is 1. The molecule has 0 amide bonds. The molecule has 0 rings (SSSR count). The van der Waals surface area contributed by atoms with E-state index in [1.165, 1.54) is 13.0 Å². The molecule has 4 heteroatoms. The van der Waals surface area contributed by atoms with Gasteiger partial charge >= 0.3 is 0 Å². The summed E-state index contributed by atoms with van der Waals surface area (Å²) in [4.78, 5) is 0.146. The quantitative estimate of drug-likeness (QED) is 0.706. The van der Waals surface area contributed by atoms with E-state index in [9.17, 15) is 8.42 Å². The van der Waals surface area contributed by atoms with Crippen molar-refractivity contribution in [3.63, 3.8) is 0 Å². The molecule has 0 aromatic heterocycles. The normalized spacial score (nSPS) is 14.5. The maximum absolute atomic E-state index is 10.8. The molecule has 0 aliphatic rings. The minimum absolute atomic E-state index is 0.146. The Balaban J connectivity index is 4.82. The van der Waals surface area contributed by atoms with Crippen LogP contribution in [0, 0.1) is 0 Å². The van der Waals surface area contributed by atoms with Crippen molar-refractivity contribution in [1.82, 2.24) is 0 Å². The second-order valence-corrected chi connectivity index (χ2v) is 4.69. The van der Waals surface area contributed by atoms with E-state index in [2.05, 4.69) is 6.58 Å². The van der Waals surface area contributed by atoms with Crippen molar-refractivity contribution < 1.29 is 8.42 Å². The summed E-state index contributed by atoms with van der Waals surface area (Å²) in [5.74, 6) is 0. The van der Waals surface area contributed by atoms with Crippen molar-refractivity contribution in [2.75, 3.05) is 0 Å². The lowest BCUT2D eigenvalue weighted by Gasteiger charge is -1.97. The molecule has 0 bridgehead atoms. The van der Waals surface area contributed by atoms with Gasteiger partial charge in [-0.2, -0.15) is 0 Å². The lowest BCUT2D eigenvalue weighted by Crippen LogP contribution is -2.12. The van der Waals surface area contributed by atoms with Crippen LogP contribution in [0.1, 0.15) is 20.8 Å². The van der Waals surface area contributed by atoms with Crippen molar-refractivity contribution in [1.29, 1.82) is 0 Å². The molecule has 0 saturated carbocycles. The fraction of sp³-hybridized carbons (Fsp3) is 0.333. The third-order valence-corrected chi connectivity index (χ3v) is 2.72. The van der Waals surface area contributed by atoms with Gasteiger partial charge in [0.1, 0.15) is 0 Å². The molecule has 0 fully saturated rings. The van der Waals surface area contributed by atoms with Crippen LogP contribution in [0.3, 0.4) is 0 Å². The molecule has 0 radical (unpaired) electrons. The number of allylic oxidation sites excluding steroid dienone is 5. The molecular weight excluding hydrogens is 186 g/mol. The summed E-state index contributed by atoms with van der Waals surface area (Å²) in [6.45, 7) is 8.88. The average Bonchev–Trinajstić information content (AvgIpc) is 1.97. The van der Waals surface area contributed by atoms with Crippen LogP contribution < -0.4 is 5.14 Å². The summed E-state index contributed by atoms with van der Waals surface area (Å²) in [6, 6.07) is 0. The minimum atomic E-state index is -3.54. The summed E-state index contributed by atoms with van der Waals surface area (Å²) in [5, 5.41) is 4.89. The summed E-state index contributed by atoms with van der Waals surface area (Å²) >= 11 is 0. The van der Waals surface area contributed by atoms with Crippen LogP contribution >= 0.6 is 0 Å². The molecule has 0 unspecified atom stereocenters. The van der Waals surface area contributed by atoms with Crippen LogP contribution in [-0.2, 0) is 10.0 Å². The molecule has 74 valence electrons. The monoisotopic (exact) mass is 201 g/mol. The van der Waals surface area contributed by atoms with Gasteiger partial charge in [-0.3, -0.25) is 0 Å². The third-order valence-electron chi connectivity index (χ3n) is 1.69. The Hall–Kier alpha value is -0.870. The van der Waals surface area contributed by atoms with Gasteiger partial charge in [-0.15, -0.1) is 0 Å². The predicted molar refractivity (Wildman–Crippen MR) is 55.4 cm³/mol. The first-order valence-electron chi connectivity index (χ1n) is 3.79. The molecule has 0 spiro atoms. The molecule has 2 N–H and O–H groups in total. The van der Waals surface area contributed by atoms with Gasteiger partial charge in [0.05, 0.1) is 4.91 Å². The number of rotatable bonds is 3. The zero-order valence-electron chi connectivity index (χ0n) is 8.16. The smallest absolute Gasteiger partial charge is 0.225 e. The Morgan fingerprint density at radius 3 is 2.00 bits per heavy atom. The molecule has 0 aromatic carbocycles. The van der Waals surface area contributed by atoms with Crippen LogP contribution in [0.5, 0.6) is 0 Å². The minimum Gasteiger partial charge on any atom is -0.225 e. The Kier molecular flexibility index (Phi) is 4.10. The highest BCUT2D eigenvalue weighted by atomic mass is 32.2. The van der Waals surface area contributed by atoms with E-state index in [0.717, 1.165) is 11.1 Å². The van der Waals surface area contributed by atoms with Crippen molar-refractivity contribution in [3.05, 3.63) is 34.8 Å². The van der Waals surface area contributed by atoms with Gasteiger partial charge < -0.3 is 0 Å². The lowest BCUT2D eigenvalue weighted by molar-refractivity contribution is 0.603. The van der Waals surface area contributed by atoms with Crippen molar-refractivity contribution >= 4 is 10.0 Å². The maximum Gasteiger partial charge on any atom is 0.233 e. The Morgan fingerprint density at radius 1 is 1.23 bits per heavy atom. The van der Waals surface area contributed by atoms with Gasteiger partial charge in [-0.05, 0) is 32.4 Å². The second-order valence-electron chi connectivity index (χ2n) is 2.95. The Labute approximate surface area is 79.7 Å². The lowest BCUT2D eigenvalue weighted by atomic mass is 10.1. The molecule has 0 aliphatic carbocycles. The highest BCUT2D eigenvalue weighted by Gasteiger charge is 2.03. The first-order valence-corrected chi connectivity index (χ1v) is 5.33. The van der Waals surface area contributed by atoms with E-state index >= 15 is 0 Å². The number of nitrogens with two attached hydrogens (primary N) is 1. The fourth-order valence-corrected chi connectivity index (χ4v) is 0.737. The van der Waals surface area contributed by atoms with Crippen LogP contribution in [0.25, 0.3) is 0 Å². The van der Waals surface area contributed by atoms with Gasteiger partial charge in [-0.25, -0.2) is 13.6 Å². The van der Waals surface area contributed by atoms with Crippen LogP contribution in [0.4, 0.5) is 0 Å². The van der Waals surface area contributed by atoms with Gasteiger partial charge in [0.25, 0.3) is 0 Å². The molecule has 0 heterocycles. The molecule has 0 saturated heterocycles. The van der Waals surface area contributed by atoms with E-state index in [0.29, 0.717) is 0 Å². The first kappa shape index (κ1) is 12.1. The highest BCUT2D eigenvalue weighted by Crippen LogP contribution is 2.07. The zero-order chi connectivity index (χ0) is 10.6. The summed E-state index contributed by atoms with van der Waals surface area (Å²) in [6.07, 6.45) is 3.15. The topological polar surface area (TPSA) is 60.2 Å². The van der Waals surface area contributed by atoms with Gasteiger partial charge in [-0.1, -0.05) is 18.2 Å². The van der Waals surface area contributed by atoms with E-state index < -0.39 is 10.0 Å². The standard InChI is InChI=1S/C9H15NO2S/c1-7(2)8(3)5-6-9(4)13(10,11)12/h5-6H,1H2,2-4H3,(H2,10,11,12)/b8-5-,9-6+. The predicted octanol–water partition coefficient (Wildman–Crippen LogP) is 1.70. The third kappa shape index (κ3) is 4.65. The van der Waals surface area contributed by atoms with Crippen LogP contribution in [0.15, 0.2) is 34.8 Å². The Morgan fingerprint density at radius 2 is 1.69 bits per heavy atom. The molecular formula is C9H15NO2S. The van der Waals surface area contributed by atoms with Crippen LogP contribution in [0.2, 0.25) is 0 Å². The maximum atomic E-state index is 10.8. The van der Waals surface area contributed by atoms with Gasteiger partial charge in [0, 0.05) is 0 Å². The summed E-state index contributed by atoms with van der Waals surface area (Å²) in [5.41, 5.74) is 1.83.